The smallest absolute Gasteiger partial charge is 0.467 e. The van der Waals surface area contributed by atoms with Gasteiger partial charge in [0.1, 0.15) is 9.85 Å². The highest BCUT2D eigenvalue weighted by Gasteiger charge is 2.39. The molecule has 11 nitrogen and oxygen atoms in total. The SMILES string of the molecule is COc1nc(N)nc(C([N+](=O)[O-])[N+](=O)[O-])n1. The largest absolute Gasteiger partial charge is 0.509 e. The van der Waals surface area contributed by atoms with Gasteiger partial charge in [-0.05, 0) is 0 Å². The normalized spacial score (nSPS) is 10.1. The van der Waals surface area contributed by atoms with Crippen molar-refractivity contribution in [1.29, 1.82) is 0 Å². The summed E-state index contributed by atoms with van der Waals surface area (Å²) in [5.41, 5.74) is 5.19. The van der Waals surface area contributed by atoms with Crippen molar-refractivity contribution >= 4 is 5.95 Å². The summed E-state index contributed by atoms with van der Waals surface area (Å²) in [6.07, 6.45) is -2.29. The Morgan fingerprint density at radius 3 is 2.25 bits per heavy atom. The molecule has 0 radical (unpaired) electrons. The highest BCUT2D eigenvalue weighted by atomic mass is 16.7. The monoisotopic (exact) mass is 230 g/mol. The molecule has 0 amide bonds. The molecule has 86 valence electrons. The predicted octanol–water partition coefficient (Wildman–Crippen LogP) is -0.986. The quantitative estimate of drug-likeness (QED) is 0.389. The van der Waals surface area contributed by atoms with E-state index in [1.165, 1.54) is 7.11 Å². The minimum absolute atomic E-state index is 0.323. The Morgan fingerprint density at radius 1 is 1.25 bits per heavy atom. The lowest BCUT2D eigenvalue weighted by Crippen LogP contribution is -2.23. The standard InChI is InChI=1S/C5H6N6O5/c1-16-5-8-2(7-4(6)9-5)3(10(12)13)11(14)15/h3H,1H3,(H2,6,7,8,9). The molecule has 16 heavy (non-hydrogen) atoms. The first kappa shape index (κ1) is 11.5. The van der Waals surface area contributed by atoms with E-state index in [0.717, 1.165) is 0 Å². The number of nitrogens with zero attached hydrogens (tertiary/aromatic N) is 5. The van der Waals surface area contributed by atoms with E-state index in [-0.39, 0.29) is 6.01 Å². The molecule has 0 bridgehead atoms. The molecule has 0 aliphatic heterocycles. The summed E-state index contributed by atoms with van der Waals surface area (Å²) in [5, 5.41) is 20.9. The number of nitrogens with two attached hydrogens (primary N) is 1. The first-order chi connectivity index (χ1) is 7.45. The molecular weight excluding hydrogens is 224 g/mol. The van der Waals surface area contributed by atoms with Crippen LogP contribution in [0.1, 0.15) is 12.0 Å². The minimum Gasteiger partial charge on any atom is -0.467 e. The van der Waals surface area contributed by atoms with Crippen molar-refractivity contribution in [2.24, 2.45) is 0 Å². The van der Waals surface area contributed by atoms with E-state index in [1.54, 1.807) is 0 Å². The Hall–Kier alpha value is -2.59. The third kappa shape index (κ3) is 2.26. The second kappa shape index (κ2) is 4.29. The minimum atomic E-state index is -2.29. The molecule has 1 aromatic rings. The molecule has 1 aromatic heterocycles. The van der Waals surface area contributed by atoms with Gasteiger partial charge < -0.3 is 10.5 Å². The molecule has 0 aliphatic rings. The van der Waals surface area contributed by atoms with Gasteiger partial charge in [-0.15, -0.1) is 0 Å². The maximum atomic E-state index is 10.4. The molecule has 0 aliphatic carbocycles. The van der Waals surface area contributed by atoms with Crippen molar-refractivity contribution in [3.05, 3.63) is 26.1 Å². The lowest BCUT2D eigenvalue weighted by Gasteiger charge is -2.02. The fourth-order valence-corrected chi connectivity index (χ4v) is 0.861. The van der Waals surface area contributed by atoms with Gasteiger partial charge in [0.15, 0.2) is 0 Å². The number of hydrogen-bond donors (Lipinski definition) is 1. The van der Waals surface area contributed by atoms with Crippen LogP contribution in [-0.2, 0) is 0 Å². The summed E-state index contributed by atoms with van der Waals surface area (Å²) in [6, 6.07) is -0.323. The van der Waals surface area contributed by atoms with Crippen LogP contribution in [0, 0.1) is 20.2 Å². The van der Waals surface area contributed by atoms with E-state index in [1.807, 2.05) is 0 Å². The van der Waals surface area contributed by atoms with Crippen LogP contribution in [0.25, 0.3) is 0 Å². The zero-order valence-corrected chi connectivity index (χ0v) is 7.93. The van der Waals surface area contributed by atoms with Crippen LogP contribution in [-0.4, -0.2) is 31.9 Å². The lowest BCUT2D eigenvalue weighted by molar-refractivity contribution is -0.754. The van der Waals surface area contributed by atoms with Gasteiger partial charge in [0, 0.05) is 0 Å². The van der Waals surface area contributed by atoms with Crippen LogP contribution >= 0.6 is 0 Å². The Labute approximate surface area is 87.6 Å². The van der Waals surface area contributed by atoms with Crippen LogP contribution < -0.4 is 10.5 Å². The molecule has 0 saturated heterocycles. The maximum absolute atomic E-state index is 10.4. The van der Waals surface area contributed by atoms with E-state index in [0.29, 0.717) is 0 Å². The van der Waals surface area contributed by atoms with Gasteiger partial charge in [-0.25, -0.2) is 0 Å². The molecule has 0 fully saturated rings. The number of anilines is 1. The number of methoxy groups -OCH3 is 1. The van der Waals surface area contributed by atoms with E-state index < -0.39 is 27.8 Å². The summed E-state index contributed by atoms with van der Waals surface area (Å²) in [7, 11) is 1.19. The van der Waals surface area contributed by atoms with Gasteiger partial charge in [-0.2, -0.15) is 15.0 Å². The first-order valence-electron chi connectivity index (χ1n) is 3.78. The predicted molar refractivity (Wildman–Crippen MR) is 47.5 cm³/mol. The van der Waals surface area contributed by atoms with Crippen LogP contribution in [0.5, 0.6) is 6.01 Å². The number of aromatic nitrogens is 3. The molecule has 0 unspecified atom stereocenters. The molecule has 0 aromatic carbocycles. The average molecular weight is 230 g/mol. The highest BCUT2D eigenvalue weighted by molar-refractivity contribution is 5.18. The van der Waals surface area contributed by atoms with Crippen LogP contribution in [0.3, 0.4) is 0 Å². The summed E-state index contributed by atoms with van der Waals surface area (Å²) < 4.78 is 4.56. The third-order valence-electron chi connectivity index (χ3n) is 1.46. The second-order valence-corrected chi connectivity index (χ2v) is 2.48. The van der Waals surface area contributed by atoms with Gasteiger partial charge in [-0.3, -0.25) is 20.2 Å². The zero-order chi connectivity index (χ0) is 12.3. The maximum Gasteiger partial charge on any atom is 0.509 e. The number of hydrogen-bond acceptors (Lipinski definition) is 9. The van der Waals surface area contributed by atoms with Crippen molar-refractivity contribution in [2.75, 3.05) is 12.8 Å². The summed E-state index contributed by atoms with van der Waals surface area (Å²) >= 11 is 0. The number of ether oxygens (including phenoxy) is 1. The summed E-state index contributed by atoms with van der Waals surface area (Å²) in [6.45, 7) is 0. The van der Waals surface area contributed by atoms with Crippen molar-refractivity contribution < 1.29 is 14.6 Å². The van der Waals surface area contributed by atoms with Gasteiger partial charge in [0.05, 0.1) is 7.11 Å². The third-order valence-corrected chi connectivity index (χ3v) is 1.46. The molecule has 1 rings (SSSR count). The number of rotatable bonds is 4. The summed E-state index contributed by atoms with van der Waals surface area (Å²) in [4.78, 5) is 28.7. The van der Waals surface area contributed by atoms with Crippen molar-refractivity contribution in [2.45, 2.75) is 6.17 Å². The topological polar surface area (TPSA) is 160 Å². The molecule has 11 heteroatoms. The van der Waals surface area contributed by atoms with E-state index in [4.69, 9.17) is 5.73 Å². The Bertz CT molecular complexity index is 421. The van der Waals surface area contributed by atoms with Gasteiger partial charge in [0.25, 0.3) is 5.82 Å². The Kier molecular flexibility index (Phi) is 3.08. The molecule has 2 N–H and O–H groups in total. The van der Waals surface area contributed by atoms with E-state index >= 15 is 0 Å². The number of nitro groups is 2. The highest BCUT2D eigenvalue weighted by Crippen LogP contribution is 2.15. The van der Waals surface area contributed by atoms with Crippen molar-refractivity contribution in [1.82, 2.24) is 15.0 Å². The van der Waals surface area contributed by atoms with E-state index in [2.05, 4.69) is 19.7 Å². The average Bonchev–Trinajstić information content (AvgIpc) is 2.15. The molecule has 0 spiro atoms. The number of nitrogen functional groups attached to an aromatic ring is 1. The van der Waals surface area contributed by atoms with Gasteiger partial charge >= 0.3 is 12.2 Å². The van der Waals surface area contributed by atoms with Crippen molar-refractivity contribution in [3.63, 3.8) is 0 Å². The summed E-state index contributed by atoms with van der Waals surface area (Å²) in [5.74, 6) is -1.07. The van der Waals surface area contributed by atoms with Crippen molar-refractivity contribution in [3.8, 4) is 6.01 Å². The fourth-order valence-electron chi connectivity index (χ4n) is 0.861. The molecule has 0 atom stereocenters. The first-order valence-corrected chi connectivity index (χ1v) is 3.78. The fraction of sp³-hybridized carbons (Fsp3) is 0.400. The van der Waals surface area contributed by atoms with Gasteiger partial charge in [-0.1, -0.05) is 0 Å². The van der Waals surface area contributed by atoms with E-state index in [9.17, 15) is 20.2 Å². The zero-order valence-electron chi connectivity index (χ0n) is 7.93. The lowest BCUT2D eigenvalue weighted by atomic mass is 10.5. The Morgan fingerprint density at radius 2 is 1.81 bits per heavy atom. The van der Waals surface area contributed by atoms with Crippen LogP contribution in [0.2, 0.25) is 0 Å². The van der Waals surface area contributed by atoms with Crippen LogP contribution in [0.4, 0.5) is 5.95 Å². The van der Waals surface area contributed by atoms with Crippen LogP contribution in [0.15, 0.2) is 0 Å². The second-order valence-electron chi connectivity index (χ2n) is 2.48. The van der Waals surface area contributed by atoms with Gasteiger partial charge in [0.2, 0.25) is 5.95 Å². The molecule has 0 saturated carbocycles. The molecular formula is C5H6N6O5. The Balaban J connectivity index is 3.24. The molecule has 1 heterocycles.